The van der Waals surface area contributed by atoms with Gasteiger partial charge in [0.15, 0.2) is 0 Å². The Bertz CT molecular complexity index is 647. The van der Waals surface area contributed by atoms with E-state index in [1.54, 1.807) is 6.07 Å². The van der Waals surface area contributed by atoms with Crippen molar-refractivity contribution in [3.8, 4) is 5.69 Å². The smallest absolute Gasteiger partial charge is 0.204 e. The second-order valence-corrected chi connectivity index (χ2v) is 4.92. The summed E-state index contributed by atoms with van der Waals surface area (Å²) in [5.74, 6) is 0. The van der Waals surface area contributed by atoms with Crippen LogP contribution in [0.1, 0.15) is 22.5 Å². The molecule has 0 spiro atoms. The van der Waals surface area contributed by atoms with Crippen molar-refractivity contribution in [2.45, 2.75) is 26.1 Å². The molecule has 0 saturated carbocycles. The topological polar surface area (TPSA) is 34.9 Å². The summed E-state index contributed by atoms with van der Waals surface area (Å²) < 4.78 is 1.83. The van der Waals surface area contributed by atoms with Crippen LogP contribution in [0.4, 0.5) is 0 Å². The van der Waals surface area contributed by atoms with E-state index < -0.39 is 0 Å². The van der Waals surface area contributed by atoms with Crippen molar-refractivity contribution in [1.29, 1.82) is 0 Å². The van der Waals surface area contributed by atoms with E-state index in [-0.39, 0.29) is 5.43 Å². The zero-order valence-corrected chi connectivity index (χ0v) is 12.3. The number of hydrogen-bond acceptors (Lipinski definition) is 2. The molecule has 2 rings (SSSR count). The van der Waals surface area contributed by atoms with Gasteiger partial charge in [0.1, 0.15) is 5.69 Å². The Balaban J connectivity index is 2.71. The Morgan fingerprint density at radius 3 is 2.67 bits per heavy atom. The van der Waals surface area contributed by atoms with Crippen LogP contribution >= 0.6 is 15.9 Å². The van der Waals surface area contributed by atoms with Gasteiger partial charge < -0.3 is 0 Å². The van der Waals surface area contributed by atoms with Crippen molar-refractivity contribution in [2.24, 2.45) is 0 Å². The third kappa shape index (κ3) is 2.25. The highest BCUT2D eigenvalue weighted by atomic mass is 79.9. The molecule has 0 unspecified atom stereocenters. The van der Waals surface area contributed by atoms with Gasteiger partial charge in [-0.25, -0.2) is 4.68 Å². The molecule has 2 aromatic rings. The Kier molecular flexibility index (Phi) is 3.66. The lowest BCUT2D eigenvalue weighted by Gasteiger charge is -2.14. The van der Waals surface area contributed by atoms with Gasteiger partial charge in [0.25, 0.3) is 0 Å². The van der Waals surface area contributed by atoms with Crippen LogP contribution in [0.5, 0.6) is 0 Å². The molecule has 0 radical (unpaired) electrons. The standard InChI is InChI=1S/C14H15BrN2O/c1-9-5-4-6-13(11(9)3)17-10(2)7-14(18)12(8-15)16-17/h4-7H,8H2,1-3H3. The van der Waals surface area contributed by atoms with Crippen LogP contribution < -0.4 is 5.43 Å². The Morgan fingerprint density at radius 1 is 1.28 bits per heavy atom. The Labute approximate surface area is 115 Å². The van der Waals surface area contributed by atoms with Gasteiger partial charge in [0, 0.05) is 11.8 Å². The Morgan fingerprint density at radius 2 is 2.00 bits per heavy atom. The summed E-state index contributed by atoms with van der Waals surface area (Å²) in [6.45, 7) is 6.04. The van der Waals surface area contributed by atoms with Crippen molar-refractivity contribution in [1.82, 2.24) is 9.78 Å². The third-order valence-corrected chi connectivity index (χ3v) is 3.64. The fraction of sp³-hybridized carbons (Fsp3) is 0.286. The van der Waals surface area contributed by atoms with Gasteiger partial charge >= 0.3 is 0 Å². The van der Waals surface area contributed by atoms with E-state index in [2.05, 4.69) is 40.9 Å². The van der Waals surface area contributed by atoms with Gasteiger partial charge in [-0.15, -0.1) is 0 Å². The van der Waals surface area contributed by atoms with Crippen LogP contribution in [0.3, 0.4) is 0 Å². The van der Waals surface area contributed by atoms with Crippen molar-refractivity contribution < 1.29 is 0 Å². The molecule has 3 nitrogen and oxygen atoms in total. The zero-order valence-electron chi connectivity index (χ0n) is 10.7. The summed E-state index contributed by atoms with van der Waals surface area (Å²) in [7, 11) is 0. The van der Waals surface area contributed by atoms with E-state index in [9.17, 15) is 4.79 Å². The first-order valence-electron chi connectivity index (χ1n) is 5.77. The first-order valence-corrected chi connectivity index (χ1v) is 6.89. The minimum Gasteiger partial charge on any atom is -0.288 e. The second-order valence-electron chi connectivity index (χ2n) is 4.36. The maximum atomic E-state index is 11.7. The molecule has 0 aliphatic rings. The largest absolute Gasteiger partial charge is 0.288 e. The molecule has 4 heteroatoms. The SMILES string of the molecule is Cc1cccc(-n2nc(CBr)c(=O)cc2C)c1C. The quantitative estimate of drug-likeness (QED) is 0.799. The number of aromatic nitrogens is 2. The molecule has 94 valence electrons. The predicted octanol–water partition coefficient (Wildman–Crippen LogP) is 3.05. The molecule has 0 N–H and O–H groups in total. The molecule has 0 amide bonds. The molecule has 0 bridgehead atoms. The van der Waals surface area contributed by atoms with E-state index in [1.807, 2.05) is 23.7 Å². The minimum atomic E-state index is -0.0223. The number of nitrogens with zero attached hydrogens (tertiary/aromatic N) is 2. The lowest BCUT2D eigenvalue weighted by atomic mass is 10.1. The maximum absolute atomic E-state index is 11.7. The van der Waals surface area contributed by atoms with Crippen LogP contribution in [0.15, 0.2) is 29.1 Å². The summed E-state index contributed by atoms with van der Waals surface area (Å²) in [5, 5.41) is 4.89. The molecule has 1 heterocycles. The van der Waals surface area contributed by atoms with Gasteiger partial charge in [0.05, 0.1) is 11.0 Å². The molecular weight excluding hydrogens is 292 g/mol. The fourth-order valence-electron chi connectivity index (χ4n) is 1.88. The van der Waals surface area contributed by atoms with Crippen molar-refractivity contribution in [3.63, 3.8) is 0 Å². The van der Waals surface area contributed by atoms with Gasteiger partial charge in [-0.05, 0) is 38.0 Å². The molecule has 0 aliphatic carbocycles. The lowest BCUT2D eigenvalue weighted by molar-refractivity contribution is 0.769. The average molecular weight is 307 g/mol. The molecule has 0 fully saturated rings. The summed E-state index contributed by atoms with van der Waals surface area (Å²) in [6, 6.07) is 7.73. The number of rotatable bonds is 2. The minimum absolute atomic E-state index is 0.0223. The van der Waals surface area contributed by atoms with E-state index in [0.29, 0.717) is 11.0 Å². The monoisotopic (exact) mass is 306 g/mol. The summed E-state index contributed by atoms with van der Waals surface area (Å²) in [6.07, 6.45) is 0. The van der Waals surface area contributed by atoms with Crippen LogP contribution in [0.2, 0.25) is 0 Å². The van der Waals surface area contributed by atoms with Crippen LogP contribution in [0.25, 0.3) is 5.69 Å². The highest BCUT2D eigenvalue weighted by Gasteiger charge is 2.09. The molecule has 0 saturated heterocycles. The van der Waals surface area contributed by atoms with Crippen molar-refractivity contribution in [2.75, 3.05) is 0 Å². The average Bonchev–Trinajstić information content (AvgIpc) is 2.34. The summed E-state index contributed by atoms with van der Waals surface area (Å²) in [4.78, 5) is 11.7. The van der Waals surface area contributed by atoms with E-state index in [4.69, 9.17) is 0 Å². The lowest BCUT2D eigenvalue weighted by Crippen LogP contribution is -2.18. The maximum Gasteiger partial charge on any atom is 0.204 e. The van der Waals surface area contributed by atoms with E-state index >= 15 is 0 Å². The zero-order chi connectivity index (χ0) is 13.3. The number of aryl methyl sites for hydroxylation is 2. The third-order valence-electron chi connectivity index (χ3n) is 3.11. The highest BCUT2D eigenvalue weighted by molar-refractivity contribution is 9.08. The molecule has 0 aliphatic heterocycles. The van der Waals surface area contributed by atoms with Gasteiger partial charge in [-0.3, -0.25) is 4.79 Å². The van der Waals surface area contributed by atoms with E-state index in [0.717, 1.165) is 11.4 Å². The molecule has 0 atom stereocenters. The van der Waals surface area contributed by atoms with Crippen LogP contribution in [-0.4, -0.2) is 9.78 Å². The van der Waals surface area contributed by atoms with Crippen LogP contribution in [-0.2, 0) is 5.33 Å². The van der Waals surface area contributed by atoms with Gasteiger partial charge in [-0.2, -0.15) is 5.10 Å². The van der Waals surface area contributed by atoms with E-state index in [1.165, 1.54) is 11.1 Å². The summed E-state index contributed by atoms with van der Waals surface area (Å²) in [5.41, 5.74) is 4.77. The number of hydrogen-bond donors (Lipinski definition) is 0. The van der Waals surface area contributed by atoms with Gasteiger partial charge in [0.2, 0.25) is 5.43 Å². The van der Waals surface area contributed by atoms with Crippen molar-refractivity contribution >= 4 is 15.9 Å². The molecule has 18 heavy (non-hydrogen) atoms. The number of benzene rings is 1. The first kappa shape index (κ1) is 13.0. The molecule has 1 aromatic heterocycles. The summed E-state index contributed by atoms with van der Waals surface area (Å²) >= 11 is 3.30. The highest BCUT2D eigenvalue weighted by Crippen LogP contribution is 2.17. The van der Waals surface area contributed by atoms with Crippen LogP contribution in [0, 0.1) is 20.8 Å². The first-order chi connectivity index (χ1) is 8.54. The predicted molar refractivity (Wildman–Crippen MR) is 76.7 cm³/mol. The van der Waals surface area contributed by atoms with Crippen molar-refractivity contribution in [3.05, 3.63) is 57.0 Å². The fourth-order valence-corrected chi connectivity index (χ4v) is 2.27. The normalized spacial score (nSPS) is 10.7. The molecule has 1 aromatic carbocycles. The molecular formula is C14H15BrN2O. The number of alkyl halides is 1. The van der Waals surface area contributed by atoms with Gasteiger partial charge in [-0.1, -0.05) is 28.1 Å². The second kappa shape index (κ2) is 5.06. The Hall–Kier alpha value is -1.42. The number of halogens is 1.